The van der Waals surface area contributed by atoms with Crippen molar-refractivity contribution >= 4 is 11.9 Å². The van der Waals surface area contributed by atoms with E-state index < -0.39 is 6.04 Å². The van der Waals surface area contributed by atoms with Crippen molar-refractivity contribution in [1.82, 2.24) is 5.32 Å². The van der Waals surface area contributed by atoms with Crippen molar-refractivity contribution in [2.24, 2.45) is 16.5 Å². The van der Waals surface area contributed by atoms with Gasteiger partial charge in [-0.1, -0.05) is 0 Å². The van der Waals surface area contributed by atoms with Crippen LogP contribution in [0.1, 0.15) is 19.8 Å². The Kier molecular flexibility index (Phi) is 2.52. The summed E-state index contributed by atoms with van der Waals surface area (Å²) >= 11 is 0. The van der Waals surface area contributed by atoms with Crippen LogP contribution in [0.4, 0.5) is 0 Å². The van der Waals surface area contributed by atoms with Crippen LogP contribution in [0.25, 0.3) is 0 Å². The summed E-state index contributed by atoms with van der Waals surface area (Å²) in [7, 11) is 0. The summed E-state index contributed by atoms with van der Waals surface area (Å²) < 4.78 is 0. The standard InChI is InChI=1S/C7H14N4O/c1-4(10-7(8)9)6(12)11-5-2-3-5/h4-5H,2-3H2,1H3,(H,11,12)(H4,8,9,10). The number of aliphatic imine (C=N–C) groups is 1. The van der Waals surface area contributed by atoms with E-state index in [-0.39, 0.29) is 11.9 Å². The SMILES string of the molecule is CC(N=C(N)N)C(=O)NC1CC1. The number of hydrogen-bond acceptors (Lipinski definition) is 2. The van der Waals surface area contributed by atoms with Gasteiger partial charge in [-0.15, -0.1) is 0 Å². The highest BCUT2D eigenvalue weighted by Crippen LogP contribution is 2.18. The summed E-state index contributed by atoms with van der Waals surface area (Å²) in [6.07, 6.45) is 2.14. The molecule has 1 unspecified atom stereocenters. The molecule has 1 aliphatic rings. The molecule has 1 atom stereocenters. The molecule has 5 nitrogen and oxygen atoms in total. The Morgan fingerprint density at radius 2 is 2.17 bits per heavy atom. The molecule has 0 aromatic rings. The smallest absolute Gasteiger partial charge is 0.244 e. The maximum Gasteiger partial charge on any atom is 0.244 e. The number of hydrogen-bond donors (Lipinski definition) is 3. The van der Waals surface area contributed by atoms with Crippen LogP contribution < -0.4 is 16.8 Å². The Labute approximate surface area is 71.2 Å². The number of nitrogens with zero attached hydrogens (tertiary/aromatic N) is 1. The zero-order chi connectivity index (χ0) is 9.14. The van der Waals surface area contributed by atoms with Crippen molar-refractivity contribution in [3.63, 3.8) is 0 Å². The quantitative estimate of drug-likeness (QED) is 0.372. The molecule has 0 radical (unpaired) electrons. The molecule has 5 N–H and O–H groups in total. The molecule has 1 amide bonds. The summed E-state index contributed by atoms with van der Waals surface area (Å²) in [5.41, 5.74) is 10.3. The molecule has 0 heterocycles. The molecule has 1 saturated carbocycles. The Balaban J connectivity index is 2.34. The zero-order valence-electron chi connectivity index (χ0n) is 7.08. The molecule has 1 rings (SSSR count). The lowest BCUT2D eigenvalue weighted by Gasteiger charge is -2.06. The molecule has 1 fully saturated rings. The summed E-state index contributed by atoms with van der Waals surface area (Å²) in [6.45, 7) is 1.66. The van der Waals surface area contributed by atoms with E-state index in [1.54, 1.807) is 6.92 Å². The van der Waals surface area contributed by atoms with E-state index in [9.17, 15) is 4.79 Å². The van der Waals surface area contributed by atoms with Crippen LogP contribution in [0.15, 0.2) is 4.99 Å². The predicted molar refractivity (Wildman–Crippen MR) is 46.4 cm³/mol. The minimum absolute atomic E-state index is 0.0477. The van der Waals surface area contributed by atoms with Crippen molar-refractivity contribution in [2.75, 3.05) is 0 Å². The summed E-state index contributed by atoms with van der Waals surface area (Å²) in [4.78, 5) is 14.9. The highest BCUT2D eigenvalue weighted by molar-refractivity contribution is 5.85. The Morgan fingerprint density at radius 1 is 1.58 bits per heavy atom. The number of nitrogens with one attached hydrogen (secondary N) is 1. The second-order valence-electron chi connectivity index (χ2n) is 3.01. The van der Waals surface area contributed by atoms with Gasteiger partial charge in [-0.2, -0.15) is 0 Å². The third-order valence-corrected chi connectivity index (χ3v) is 1.65. The van der Waals surface area contributed by atoms with Gasteiger partial charge in [0.15, 0.2) is 5.96 Å². The third kappa shape index (κ3) is 2.77. The van der Waals surface area contributed by atoms with Crippen molar-refractivity contribution in [3.05, 3.63) is 0 Å². The number of nitrogens with two attached hydrogens (primary N) is 2. The maximum atomic E-state index is 11.2. The van der Waals surface area contributed by atoms with Gasteiger partial charge in [-0.3, -0.25) is 4.79 Å². The van der Waals surface area contributed by atoms with Crippen molar-refractivity contribution in [3.8, 4) is 0 Å². The van der Waals surface area contributed by atoms with E-state index in [1.165, 1.54) is 0 Å². The number of carbonyl (C=O) groups is 1. The first-order valence-electron chi connectivity index (χ1n) is 3.98. The second kappa shape index (κ2) is 3.42. The van der Waals surface area contributed by atoms with Crippen molar-refractivity contribution < 1.29 is 4.79 Å². The van der Waals surface area contributed by atoms with E-state index in [0.29, 0.717) is 6.04 Å². The number of carbonyl (C=O) groups excluding carboxylic acids is 1. The maximum absolute atomic E-state index is 11.2. The molecule has 68 valence electrons. The van der Waals surface area contributed by atoms with E-state index in [4.69, 9.17) is 11.5 Å². The van der Waals surface area contributed by atoms with Crippen LogP contribution in [-0.2, 0) is 4.79 Å². The Morgan fingerprint density at radius 3 is 2.58 bits per heavy atom. The monoisotopic (exact) mass is 170 g/mol. The van der Waals surface area contributed by atoms with Crippen LogP contribution in [0.2, 0.25) is 0 Å². The summed E-state index contributed by atoms with van der Waals surface area (Å²) in [5.74, 6) is -0.153. The molecule has 0 spiro atoms. The minimum Gasteiger partial charge on any atom is -0.370 e. The largest absolute Gasteiger partial charge is 0.370 e. The fourth-order valence-corrected chi connectivity index (χ4v) is 0.832. The van der Waals surface area contributed by atoms with Gasteiger partial charge in [-0.25, -0.2) is 4.99 Å². The number of guanidine groups is 1. The van der Waals surface area contributed by atoms with Crippen LogP contribution in [-0.4, -0.2) is 24.0 Å². The normalized spacial score (nSPS) is 18.1. The van der Waals surface area contributed by atoms with Crippen LogP contribution in [0.5, 0.6) is 0 Å². The van der Waals surface area contributed by atoms with E-state index in [2.05, 4.69) is 10.3 Å². The molecule has 0 aliphatic heterocycles. The van der Waals surface area contributed by atoms with Gasteiger partial charge >= 0.3 is 0 Å². The Bertz CT molecular complexity index is 205. The average molecular weight is 170 g/mol. The summed E-state index contributed by atoms with van der Waals surface area (Å²) in [5, 5.41) is 2.80. The van der Waals surface area contributed by atoms with Crippen molar-refractivity contribution in [1.29, 1.82) is 0 Å². The van der Waals surface area contributed by atoms with Crippen molar-refractivity contribution in [2.45, 2.75) is 31.8 Å². The van der Waals surface area contributed by atoms with Crippen LogP contribution >= 0.6 is 0 Å². The van der Waals surface area contributed by atoms with Gasteiger partial charge in [-0.05, 0) is 19.8 Å². The molecule has 0 bridgehead atoms. The lowest BCUT2D eigenvalue weighted by Crippen LogP contribution is -2.36. The number of amides is 1. The van der Waals surface area contributed by atoms with Gasteiger partial charge in [0.1, 0.15) is 6.04 Å². The molecule has 12 heavy (non-hydrogen) atoms. The fraction of sp³-hybridized carbons (Fsp3) is 0.714. The second-order valence-corrected chi connectivity index (χ2v) is 3.01. The van der Waals surface area contributed by atoms with E-state index in [0.717, 1.165) is 12.8 Å². The van der Waals surface area contributed by atoms with E-state index in [1.807, 2.05) is 0 Å². The van der Waals surface area contributed by atoms with Crippen LogP contribution in [0, 0.1) is 0 Å². The third-order valence-electron chi connectivity index (χ3n) is 1.65. The molecule has 0 aromatic heterocycles. The highest BCUT2D eigenvalue weighted by Gasteiger charge is 2.25. The van der Waals surface area contributed by atoms with Gasteiger partial charge in [0, 0.05) is 6.04 Å². The molecular weight excluding hydrogens is 156 g/mol. The predicted octanol–water partition coefficient (Wildman–Crippen LogP) is -1.07. The number of rotatable bonds is 3. The topological polar surface area (TPSA) is 93.5 Å². The Hall–Kier alpha value is -1.26. The van der Waals surface area contributed by atoms with Crippen LogP contribution in [0.3, 0.4) is 0 Å². The minimum atomic E-state index is -0.476. The first kappa shape index (κ1) is 8.83. The molecule has 5 heteroatoms. The average Bonchev–Trinajstić information content (AvgIpc) is 2.70. The molecule has 0 saturated heterocycles. The fourth-order valence-electron chi connectivity index (χ4n) is 0.832. The van der Waals surface area contributed by atoms with E-state index >= 15 is 0 Å². The first-order valence-corrected chi connectivity index (χ1v) is 3.98. The van der Waals surface area contributed by atoms with Gasteiger partial charge in [0.2, 0.25) is 5.91 Å². The highest BCUT2D eigenvalue weighted by atomic mass is 16.2. The first-order chi connectivity index (χ1) is 5.59. The van der Waals surface area contributed by atoms with Gasteiger partial charge < -0.3 is 16.8 Å². The zero-order valence-corrected chi connectivity index (χ0v) is 7.08. The lowest BCUT2D eigenvalue weighted by atomic mass is 10.3. The molecule has 1 aliphatic carbocycles. The molecule has 0 aromatic carbocycles. The lowest BCUT2D eigenvalue weighted by molar-refractivity contribution is -0.122. The molecular formula is C7H14N4O. The van der Waals surface area contributed by atoms with Gasteiger partial charge in [0.25, 0.3) is 0 Å². The van der Waals surface area contributed by atoms with Gasteiger partial charge in [0.05, 0.1) is 0 Å². The summed E-state index contributed by atoms with van der Waals surface area (Å²) in [6, 6.07) is -0.121.